The first-order chi connectivity index (χ1) is 7.15. The molecule has 1 aromatic heterocycles. The number of halogens is 1. The van der Waals surface area contributed by atoms with Gasteiger partial charge in [0.25, 0.3) is 0 Å². The fourth-order valence-electron chi connectivity index (χ4n) is 1.08. The second-order valence-corrected chi connectivity index (χ2v) is 3.90. The Morgan fingerprint density at radius 3 is 2.87 bits per heavy atom. The topological polar surface area (TPSA) is 66.0 Å². The van der Waals surface area contributed by atoms with E-state index in [1.807, 2.05) is 6.07 Å². The van der Waals surface area contributed by atoms with E-state index in [-0.39, 0.29) is 6.01 Å². The number of nitrogen functional groups attached to an aromatic ring is 1. The molecule has 0 radical (unpaired) electrons. The van der Waals surface area contributed by atoms with Gasteiger partial charge in [0.05, 0.1) is 5.69 Å². The van der Waals surface area contributed by atoms with E-state index in [1.54, 1.807) is 30.2 Å². The molecular formula is C9H9BrN4O. The predicted octanol–water partition coefficient (Wildman–Crippen LogP) is 1.95. The van der Waals surface area contributed by atoms with Crippen LogP contribution in [0.5, 0.6) is 11.8 Å². The number of nitrogens with two attached hydrogens (primary N) is 1. The minimum absolute atomic E-state index is 0.284. The lowest BCUT2D eigenvalue weighted by atomic mass is 10.3. The van der Waals surface area contributed by atoms with Crippen molar-refractivity contribution >= 4 is 21.6 Å². The van der Waals surface area contributed by atoms with Gasteiger partial charge >= 0.3 is 6.01 Å². The molecule has 0 bridgehead atoms. The molecule has 0 unspecified atom stereocenters. The van der Waals surface area contributed by atoms with Gasteiger partial charge in [-0.25, -0.2) is 0 Å². The van der Waals surface area contributed by atoms with Gasteiger partial charge in [0.1, 0.15) is 6.33 Å². The molecule has 2 rings (SSSR count). The van der Waals surface area contributed by atoms with E-state index in [9.17, 15) is 0 Å². The van der Waals surface area contributed by atoms with Crippen molar-refractivity contribution in [3.05, 3.63) is 29.0 Å². The van der Waals surface area contributed by atoms with Crippen LogP contribution in [0.15, 0.2) is 29.0 Å². The summed E-state index contributed by atoms with van der Waals surface area (Å²) in [5, 5.41) is 3.99. The van der Waals surface area contributed by atoms with Crippen LogP contribution >= 0.6 is 15.9 Å². The van der Waals surface area contributed by atoms with Gasteiger partial charge in [0.2, 0.25) is 0 Å². The zero-order valence-electron chi connectivity index (χ0n) is 8.01. The largest absolute Gasteiger partial charge is 0.421 e. The Balaban J connectivity index is 2.24. The molecule has 2 N–H and O–H groups in total. The van der Waals surface area contributed by atoms with Crippen LogP contribution in [0.2, 0.25) is 0 Å². The normalized spacial score (nSPS) is 10.3. The van der Waals surface area contributed by atoms with Gasteiger partial charge in [-0.2, -0.15) is 4.98 Å². The van der Waals surface area contributed by atoms with Crippen LogP contribution < -0.4 is 10.5 Å². The molecule has 5 nitrogen and oxygen atoms in total. The molecule has 78 valence electrons. The molecule has 1 heterocycles. The average Bonchev–Trinajstić information content (AvgIpc) is 2.56. The predicted molar refractivity (Wildman–Crippen MR) is 59.6 cm³/mol. The molecule has 0 amide bonds. The lowest BCUT2D eigenvalue weighted by Crippen LogP contribution is -1.94. The molecule has 0 spiro atoms. The van der Waals surface area contributed by atoms with Crippen molar-refractivity contribution in [3.8, 4) is 11.8 Å². The summed E-state index contributed by atoms with van der Waals surface area (Å²) in [7, 11) is 1.77. The third kappa shape index (κ3) is 2.27. The van der Waals surface area contributed by atoms with Crippen LogP contribution in [0.4, 0.5) is 5.69 Å². The zero-order chi connectivity index (χ0) is 10.8. The highest BCUT2D eigenvalue weighted by molar-refractivity contribution is 9.10. The molecule has 6 heteroatoms. The van der Waals surface area contributed by atoms with Crippen LogP contribution in [-0.2, 0) is 7.05 Å². The van der Waals surface area contributed by atoms with Crippen molar-refractivity contribution in [1.82, 2.24) is 14.8 Å². The quantitative estimate of drug-likeness (QED) is 0.846. The third-order valence-corrected chi connectivity index (χ3v) is 2.24. The Labute approximate surface area is 95.0 Å². The molecular weight excluding hydrogens is 260 g/mol. The minimum atomic E-state index is 0.284. The summed E-state index contributed by atoms with van der Waals surface area (Å²) in [4.78, 5) is 3.94. The number of hydrogen-bond acceptors (Lipinski definition) is 4. The van der Waals surface area contributed by atoms with E-state index in [0.717, 1.165) is 4.47 Å². The maximum absolute atomic E-state index is 5.76. The van der Waals surface area contributed by atoms with Gasteiger partial charge in [0, 0.05) is 11.5 Å². The van der Waals surface area contributed by atoms with Gasteiger partial charge in [0.15, 0.2) is 5.75 Å². The fourth-order valence-corrected chi connectivity index (χ4v) is 1.46. The monoisotopic (exact) mass is 268 g/mol. The van der Waals surface area contributed by atoms with E-state index in [2.05, 4.69) is 26.0 Å². The van der Waals surface area contributed by atoms with Crippen LogP contribution in [0.25, 0.3) is 0 Å². The highest BCUT2D eigenvalue weighted by Crippen LogP contribution is 2.27. The van der Waals surface area contributed by atoms with Gasteiger partial charge in [-0.15, -0.1) is 5.10 Å². The first-order valence-electron chi connectivity index (χ1n) is 4.23. The summed E-state index contributed by atoms with van der Waals surface area (Å²) in [5.74, 6) is 0.546. The lowest BCUT2D eigenvalue weighted by molar-refractivity contribution is 0.441. The minimum Gasteiger partial charge on any atom is -0.421 e. The smallest absolute Gasteiger partial charge is 0.341 e. The van der Waals surface area contributed by atoms with Crippen LogP contribution in [0.1, 0.15) is 0 Å². The van der Waals surface area contributed by atoms with E-state index in [1.165, 1.54) is 0 Å². The average molecular weight is 269 g/mol. The van der Waals surface area contributed by atoms with Crippen molar-refractivity contribution in [2.24, 2.45) is 7.05 Å². The van der Waals surface area contributed by atoms with Crippen molar-refractivity contribution in [1.29, 1.82) is 0 Å². The Hall–Kier alpha value is -1.56. The first-order valence-corrected chi connectivity index (χ1v) is 5.03. The Morgan fingerprint density at radius 1 is 1.47 bits per heavy atom. The maximum atomic E-state index is 5.76. The van der Waals surface area contributed by atoms with Gasteiger partial charge in [-0.1, -0.05) is 15.9 Å². The highest BCUT2D eigenvalue weighted by atomic mass is 79.9. The Kier molecular flexibility index (Phi) is 2.59. The number of ether oxygens (including phenoxy) is 1. The van der Waals surface area contributed by atoms with Gasteiger partial charge < -0.3 is 10.5 Å². The Morgan fingerprint density at radius 2 is 2.27 bits per heavy atom. The molecule has 15 heavy (non-hydrogen) atoms. The van der Waals surface area contributed by atoms with Gasteiger partial charge in [-0.05, 0) is 18.2 Å². The van der Waals surface area contributed by atoms with E-state index >= 15 is 0 Å². The summed E-state index contributed by atoms with van der Waals surface area (Å²) in [5.41, 5.74) is 6.30. The summed E-state index contributed by atoms with van der Waals surface area (Å²) < 4.78 is 7.86. The van der Waals surface area contributed by atoms with Gasteiger partial charge in [-0.3, -0.25) is 4.68 Å². The van der Waals surface area contributed by atoms with Crippen molar-refractivity contribution < 1.29 is 4.74 Å². The SMILES string of the molecule is Cn1cnc(Oc2ccc(Br)cc2N)n1. The Bertz CT molecular complexity index is 483. The van der Waals surface area contributed by atoms with Crippen LogP contribution in [0, 0.1) is 0 Å². The summed E-state index contributed by atoms with van der Waals surface area (Å²) in [6, 6.07) is 5.65. The number of aryl methyl sites for hydroxylation is 1. The summed E-state index contributed by atoms with van der Waals surface area (Å²) in [6.45, 7) is 0. The van der Waals surface area contributed by atoms with Crippen molar-refractivity contribution in [3.63, 3.8) is 0 Å². The summed E-state index contributed by atoms with van der Waals surface area (Å²) >= 11 is 3.31. The number of anilines is 1. The second-order valence-electron chi connectivity index (χ2n) is 2.99. The van der Waals surface area contributed by atoms with Crippen LogP contribution in [0.3, 0.4) is 0 Å². The molecule has 0 saturated carbocycles. The maximum Gasteiger partial charge on any atom is 0.341 e. The fraction of sp³-hybridized carbons (Fsp3) is 0.111. The molecule has 1 aromatic carbocycles. The number of hydrogen-bond donors (Lipinski definition) is 1. The standard InChI is InChI=1S/C9H9BrN4O/c1-14-5-12-9(13-14)15-8-3-2-6(10)4-7(8)11/h2-5H,11H2,1H3. The zero-order valence-corrected chi connectivity index (χ0v) is 9.60. The third-order valence-electron chi connectivity index (χ3n) is 1.75. The molecule has 2 aromatic rings. The van der Waals surface area contributed by atoms with Crippen LogP contribution in [-0.4, -0.2) is 14.8 Å². The molecule has 0 fully saturated rings. The summed E-state index contributed by atoms with van der Waals surface area (Å²) in [6.07, 6.45) is 1.56. The molecule has 0 aliphatic rings. The second kappa shape index (κ2) is 3.90. The van der Waals surface area contributed by atoms with E-state index in [0.29, 0.717) is 11.4 Å². The first kappa shape index (κ1) is 9.97. The number of nitrogens with zero attached hydrogens (tertiary/aromatic N) is 3. The number of rotatable bonds is 2. The number of benzene rings is 1. The molecule has 0 aliphatic heterocycles. The molecule has 0 saturated heterocycles. The van der Waals surface area contributed by atoms with Crippen molar-refractivity contribution in [2.75, 3.05) is 5.73 Å². The lowest BCUT2D eigenvalue weighted by Gasteiger charge is -2.04. The van der Waals surface area contributed by atoms with E-state index < -0.39 is 0 Å². The number of aromatic nitrogens is 3. The van der Waals surface area contributed by atoms with Crippen molar-refractivity contribution in [2.45, 2.75) is 0 Å². The molecule has 0 aliphatic carbocycles. The molecule has 0 atom stereocenters. The highest BCUT2D eigenvalue weighted by Gasteiger charge is 2.05. The van der Waals surface area contributed by atoms with E-state index in [4.69, 9.17) is 10.5 Å².